The van der Waals surface area contributed by atoms with Crippen LogP contribution in [0.5, 0.6) is 0 Å². The topological polar surface area (TPSA) is 78.9 Å². The van der Waals surface area contributed by atoms with Crippen LogP contribution < -0.4 is 5.73 Å². The first-order valence-corrected chi connectivity index (χ1v) is 5.38. The van der Waals surface area contributed by atoms with Crippen molar-refractivity contribution >= 4 is 11.8 Å². The van der Waals surface area contributed by atoms with E-state index in [2.05, 4.69) is 15.5 Å². The highest BCUT2D eigenvalue weighted by Crippen LogP contribution is 2.15. The molecule has 0 bridgehead atoms. The van der Waals surface area contributed by atoms with Crippen molar-refractivity contribution in [2.75, 3.05) is 19.4 Å². The fourth-order valence-electron chi connectivity index (χ4n) is 0.822. The molecule has 0 aliphatic carbocycles. The minimum absolute atomic E-state index is 0.197. The van der Waals surface area contributed by atoms with Gasteiger partial charge >= 0.3 is 0 Å². The summed E-state index contributed by atoms with van der Waals surface area (Å²) in [5, 5.41) is 12.1. The molecule has 80 valence electrons. The zero-order chi connectivity index (χ0) is 10.4. The van der Waals surface area contributed by atoms with Gasteiger partial charge in [-0.2, -0.15) is 0 Å². The predicted octanol–water partition coefficient (Wildman–Crippen LogP) is -0.241. The summed E-state index contributed by atoms with van der Waals surface area (Å²) in [4.78, 5) is 0. The van der Waals surface area contributed by atoms with Crippen LogP contribution in [0.15, 0.2) is 5.16 Å². The maximum Gasteiger partial charge on any atom is 0.209 e. The summed E-state index contributed by atoms with van der Waals surface area (Å²) in [7, 11) is 1.69. The molecule has 0 saturated carbocycles. The Balaban J connectivity index is 2.45. The fourth-order valence-corrected chi connectivity index (χ4v) is 1.71. The highest BCUT2D eigenvalue weighted by molar-refractivity contribution is 7.99. The molecule has 0 aliphatic rings. The summed E-state index contributed by atoms with van der Waals surface area (Å²) < 4.78 is 6.83. The van der Waals surface area contributed by atoms with Crippen molar-refractivity contribution in [2.24, 2.45) is 5.73 Å². The largest absolute Gasteiger partial charge is 0.381 e. The molecule has 7 heteroatoms. The van der Waals surface area contributed by atoms with Gasteiger partial charge in [0.15, 0.2) is 0 Å². The summed E-state index contributed by atoms with van der Waals surface area (Å²) in [6.45, 7) is 3.19. The van der Waals surface area contributed by atoms with E-state index in [1.807, 2.05) is 6.92 Å². The third kappa shape index (κ3) is 3.24. The maximum atomic E-state index is 5.42. The molecule has 6 nitrogen and oxygen atoms in total. The predicted molar refractivity (Wildman–Crippen MR) is 54.1 cm³/mol. The average molecular weight is 217 g/mol. The zero-order valence-corrected chi connectivity index (χ0v) is 9.20. The Hall–Kier alpha value is -0.660. The smallest absolute Gasteiger partial charge is 0.209 e. The van der Waals surface area contributed by atoms with Gasteiger partial charge in [-0.15, -0.1) is 5.10 Å². The van der Waals surface area contributed by atoms with Gasteiger partial charge in [0.2, 0.25) is 5.16 Å². The van der Waals surface area contributed by atoms with E-state index in [1.54, 1.807) is 23.6 Å². The number of hydrogen-bond donors (Lipinski definition) is 1. The van der Waals surface area contributed by atoms with Crippen molar-refractivity contribution in [3.8, 4) is 0 Å². The second-order valence-electron chi connectivity index (χ2n) is 2.83. The van der Waals surface area contributed by atoms with Gasteiger partial charge in [-0.3, -0.25) is 0 Å². The normalized spacial score (nSPS) is 13.1. The number of ether oxygens (including phenoxy) is 1. The molecule has 1 aromatic rings. The monoisotopic (exact) mass is 217 g/mol. The molecular formula is C7H15N5OS. The van der Waals surface area contributed by atoms with Crippen LogP contribution in [0.2, 0.25) is 0 Å². The molecule has 0 saturated heterocycles. The molecule has 0 aromatic carbocycles. The van der Waals surface area contributed by atoms with Crippen molar-refractivity contribution in [1.29, 1.82) is 0 Å². The zero-order valence-electron chi connectivity index (χ0n) is 8.38. The van der Waals surface area contributed by atoms with Crippen molar-refractivity contribution in [2.45, 2.75) is 24.7 Å². The minimum atomic E-state index is 0.197. The summed E-state index contributed by atoms with van der Waals surface area (Å²) in [5.74, 6) is 0.835. The Bertz CT molecular complexity index is 266. The van der Waals surface area contributed by atoms with Gasteiger partial charge in [0.05, 0.1) is 12.6 Å². The van der Waals surface area contributed by atoms with Crippen LogP contribution in [0.3, 0.4) is 0 Å². The highest BCUT2D eigenvalue weighted by Gasteiger charge is 2.08. The Kier molecular flexibility index (Phi) is 4.85. The van der Waals surface area contributed by atoms with Crippen molar-refractivity contribution < 1.29 is 4.74 Å². The van der Waals surface area contributed by atoms with Gasteiger partial charge in [-0.1, -0.05) is 11.8 Å². The van der Waals surface area contributed by atoms with Crippen LogP contribution in [0.1, 0.15) is 6.92 Å². The lowest BCUT2D eigenvalue weighted by Crippen LogP contribution is -2.13. The summed E-state index contributed by atoms with van der Waals surface area (Å²) in [6.07, 6.45) is 0.197. The van der Waals surface area contributed by atoms with Gasteiger partial charge in [0.25, 0.3) is 0 Å². The molecule has 0 amide bonds. The average Bonchev–Trinajstić information content (AvgIpc) is 2.62. The van der Waals surface area contributed by atoms with Gasteiger partial charge < -0.3 is 10.5 Å². The number of hydrogen-bond acceptors (Lipinski definition) is 6. The standard InChI is InChI=1S/C7H15N5OS/c1-6(13-2)5-14-7-9-10-11-12(7)4-3-8/h6H,3-5,8H2,1-2H3. The van der Waals surface area contributed by atoms with Gasteiger partial charge in [-0.25, -0.2) is 4.68 Å². The quantitative estimate of drug-likeness (QED) is 0.662. The first-order chi connectivity index (χ1) is 6.77. The number of tetrazole rings is 1. The van der Waals surface area contributed by atoms with E-state index in [-0.39, 0.29) is 6.10 Å². The van der Waals surface area contributed by atoms with E-state index >= 15 is 0 Å². The number of methoxy groups -OCH3 is 1. The molecule has 2 N–H and O–H groups in total. The van der Waals surface area contributed by atoms with E-state index in [9.17, 15) is 0 Å². The van der Waals surface area contributed by atoms with Gasteiger partial charge in [0.1, 0.15) is 0 Å². The third-order valence-corrected chi connectivity index (χ3v) is 2.88. The first-order valence-electron chi connectivity index (χ1n) is 4.39. The van der Waals surface area contributed by atoms with E-state index in [1.165, 1.54) is 0 Å². The fraction of sp³-hybridized carbons (Fsp3) is 0.857. The molecule has 0 spiro atoms. The Morgan fingerprint density at radius 3 is 3.07 bits per heavy atom. The lowest BCUT2D eigenvalue weighted by molar-refractivity contribution is 0.137. The van der Waals surface area contributed by atoms with Crippen molar-refractivity contribution in [3.05, 3.63) is 0 Å². The molecule has 1 heterocycles. The van der Waals surface area contributed by atoms with Crippen molar-refractivity contribution in [3.63, 3.8) is 0 Å². The summed E-state index contributed by atoms with van der Waals surface area (Å²) in [6, 6.07) is 0. The SMILES string of the molecule is COC(C)CSc1nnnn1CCN. The third-order valence-electron chi connectivity index (χ3n) is 1.69. The lowest BCUT2D eigenvalue weighted by Gasteiger charge is -2.07. The van der Waals surface area contributed by atoms with Crippen LogP contribution in [0, 0.1) is 0 Å². The van der Waals surface area contributed by atoms with Gasteiger partial charge in [-0.05, 0) is 17.4 Å². The number of nitrogens with two attached hydrogens (primary N) is 1. The second kappa shape index (κ2) is 5.94. The summed E-state index contributed by atoms with van der Waals surface area (Å²) >= 11 is 1.57. The molecule has 0 radical (unpaired) electrons. The van der Waals surface area contributed by atoms with Crippen LogP contribution in [0.4, 0.5) is 0 Å². The number of nitrogens with zero attached hydrogens (tertiary/aromatic N) is 4. The Labute approximate surface area is 87.2 Å². The van der Waals surface area contributed by atoms with E-state index in [4.69, 9.17) is 10.5 Å². The number of rotatable bonds is 6. The number of aromatic nitrogens is 4. The second-order valence-corrected chi connectivity index (χ2v) is 3.82. The molecule has 1 aromatic heterocycles. The van der Waals surface area contributed by atoms with E-state index < -0.39 is 0 Å². The molecule has 14 heavy (non-hydrogen) atoms. The Morgan fingerprint density at radius 2 is 2.43 bits per heavy atom. The molecular weight excluding hydrogens is 202 g/mol. The molecule has 0 fully saturated rings. The van der Waals surface area contributed by atoms with Crippen LogP contribution in [-0.4, -0.2) is 45.7 Å². The highest BCUT2D eigenvalue weighted by atomic mass is 32.2. The summed E-state index contributed by atoms with van der Waals surface area (Å²) in [5.41, 5.74) is 5.42. The van der Waals surface area contributed by atoms with Crippen molar-refractivity contribution in [1.82, 2.24) is 20.2 Å². The van der Waals surface area contributed by atoms with Crippen LogP contribution in [0.25, 0.3) is 0 Å². The number of thioether (sulfide) groups is 1. The molecule has 1 atom stereocenters. The van der Waals surface area contributed by atoms with Crippen LogP contribution in [-0.2, 0) is 11.3 Å². The lowest BCUT2D eigenvalue weighted by atomic mass is 10.5. The molecule has 1 unspecified atom stereocenters. The minimum Gasteiger partial charge on any atom is -0.381 e. The first kappa shape index (κ1) is 11.4. The Morgan fingerprint density at radius 1 is 1.64 bits per heavy atom. The van der Waals surface area contributed by atoms with E-state index in [0.717, 1.165) is 10.9 Å². The molecule has 1 rings (SSSR count). The van der Waals surface area contributed by atoms with Gasteiger partial charge in [0, 0.05) is 19.4 Å². The van der Waals surface area contributed by atoms with E-state index in [0.29, 0.717) is 13.1 Å². The maximum absolute atomic E-state index is 5.42. The van der Waals surface area contributed by atoms with Crippen LogP contribution >= 0.6 is 11.8 Å². The molecule has 0 aliphatic heterocycles.